The molecule has 2 rings (SSSR count). The van der Waals surface area contributed by atoms with E-state index < -0.39 is 17.6 Å². The molecule has 4 nitrogen and oxygen atoms in total. The molecule has 1 aliphatic heterocycles. The van der Waals surface area contributed by atoms with Crippen molar-refractivity contribution in [1.82, 2.24) is 10.2 Å². The molecule has 0 bridgehead atoms. The van der Waals surface area contributed by atoms with E-state index in [1.54, 1.807) is 0 Å². The summed E-state index contributed by atoms with van der Waals surface area (Å²) < 4.78 is 37.9. The van der Waals surface area contributed by atoms with Crippen molar-refractivity contribution < 1.29 is 18.0 Å². The Bertz CT molecular complexity index is 516. The first-order valence-electron chi connectivity index (χ1n) is 6.23. The SMILES string of the molecule is CN1CCC(NC(=O)c2cc(C(F)(F)F)ccc2N)C1. The summed E-state index contributed by atoms with van der Waals surface area (Å²) in [7, 11) is 1.92. The lowest BCUT2D eigenvalue weighted by Crippen LogP contribution is -2.36. The highest BCUT2D eigenvalue weighted by molar-refractivity contribution is 5.99. The summed E-state index contributed by atoms with van der Waals surface area (Å²) in [6.07, 6.45) is -3.71. The number of halogens is 3. The molecule has 0 spiro atoms. The number of nitrogens with zero attached hydrogens (tertiary/aromatic N) is 1. The van der Waals surface area contributed by atoms with Gasteiger partial charge in [0.2, 0.25) is 0 Å². The van der Waals surface area contributed by atoms with E-state index in [0.717, 1.165) is 31.2 Å². The smallest absolute Gasteiger partial charge is 0.398 e. The van der Waals surface area contributed by atoms with Crippen LogP contribution < -0.4 is 11.1 Å². The van der Waals surface area contributed by atoms with Gasteiger partial charge in [0.25, 0.3) is 5.91 Å². The summed E-state index contributed by atoms with van der Waals surface area (Å²) in [6, 6.07) is 2.72. The number of nitrogen functional groups attached to an aromatic ring is 1. The predicted octanol–water partition coefficient (Wildman–Crippen LogP) is 1.72. The number of benzene rings is 1. The van der Waals surface area contributed by atoms with E-state index in [-0.39, 0.29) is 17.3 Å². The largest absolute Gasteiger partial charge is 0.416 e. The van der Waals surface area contributed by atoms with E-state index in [1.807, 2.05) is 11.9 Å². The molecule has 1 saturated heterocycles. The highest BCUT2D eigenvalue weighted by Crippen LogP contribution is 2.31. The van der Waals surface area contributed by atoms with E-state index in [1.165, 1.54) is 0 Å². The standard InChI is InChI=1S/C13H16F3N3O/c1-19-5-4-9(7-19)18-12(20)10-6-8(13(14,15)16)2-3-11(10)17/h2-3,6,9H,4-5,7,17H2,1H3,(H,18,20). The summed E-state index contributed by atoms with van der Waals surface area (Å²) in [5.74, 6) is -0.561. The van der Waals surface area contributed by atoms with Crippen LogP contribution in [0.4, 0.5) is 18.9 Å². The molecule has 1 atom stereocenters. The number of anilines is 1. The Labute approximate surface area is 114 Å². The molecule has 20 heavy (non-hydrogen) atoms. The van der Waals surface area contributed by atoms with Gasteiger partial charge >= 0.3 is 6.18 Å². The Balaban J connectivity index is 2.17. The maximum absolute atomic E-state index is 12.6. The molecule has 1 aromatic carbocycles. The van der Waals surface area contributed by atoms with Crippen LogP contribution in [0.1, 0.15) is 22.3 Å². The number of alkyl halides is 3. The lowest BCUT2D eigenvalue weighted by molar-refractivity contribution is -0.137. The number of carbonyl (C=O) groups is 1. The zero-order chi connectivity index (χ0) is 14.9. The molecule has 0 radical (unpaired) electrons. The number of hydrogen-bond acceptors (Lipinski definition) is 3. The van der Waals surface area contributed by atoms with Crippen LogP contribution in [0.3, 0.4) is 0 Å². The third kappa shape index (κ3) is 3.22. The molecule has 1 fully saturated rings. The zero-order valence-electron chi connectivity index (χ0n) is 11.0. The summed E-state index contributed by atoms with van der Waals surface area (Å²) in [4.78, 5) is 14.1. The van der Waals surface area contributed by atoms with Crippen LogP contribution in [0.2, 0.25) is 0 Å². The van der Waals surface area contributed by atoms with Crippen molar-refractivity contribution in [2.45, 2.75) is 18.6 Å². The highest BCUT2D eigenvalue weighted by Gasteiger charge is 2.32. The average molecular weight is 287 g/mol. The van der Waals surface area contributed by atoms with E-state index in [4.69, 9.17) is 5.73 Å². The van der Waals surface area contributed by atoms with Gasteiger partial charge in [-0.15, -0.1) is 0 Å². The molecule has 3 N–H and O–H groups in total. The van der Waals surface area contributed by atoms with Crippen LogP contribution in [0, 0.1) is 0 Å². The first-order valence-corrected chi connectivity index (χ1v) is 6.23. The molecular formula is C13H16F3N3O. The second-order valence-corrected chi connectivity index (χ2v) is 5.02. The molecule has 1 unspecified atom stereocenters. The van der Waals surface area contributed by atoms with Crippen molar-refractivity contribution in [1.29, 1.82) is 0 Å². The number of carbonyl (C=O) groups excluding carboxylic acids is 1. The number of nitrogens with two attached hydrogens (primary N) is 1. The van der Waals surface area contributed by atoms with Gasteiger partial charge in [0.1, 0.15) is 0 Å². The zero-order valence-corrected chi connectivity index (χ0v) is 11.0. The lowest BCUT2D eigenvalue weighted by atomic mass is 10.1. The van der Waals surface area contributed by atoms with Crippen molar-refractivity contribution in [2.24, 2.45) is 0 Å². The monoisotopic (exact) mass is 287 g/mol. The highest BCUT2D eigenvalue weighted by atomic mass is 19.4. The second kappa shape index (κ2) is 5.32. The Kier molecular flexibility index (Phi) is 3.89. The average Bonchev–Trinajstić information content (AvgIpc) is 2.73. The van der Waals surface area contributed by atoms with Crippen LogP contribution in [0.25, 0.3) is 0 Å². The topological polar surface area (TPSA) is 58.4 Å². The van der Waals surface area contributed by atoms with Gasteiger partial charge in [-0.3, -0.25) is 4.79 Å². The fourth-order valence-electron chi connectivity index (χ4n) is 2.25. The number of nitrogens with one attached hydrogen (secondary N) is 1. The van der Waals surface area contributed by atoms with Gasteiger partial charge in [-0.05, 0) is 38.2 Å². The van der Waals surface area contributed by atoms with E-state index in [9.17, 15) is 18.0 Å². The summed E-state index contributed by atoms with van der Waals surface area (Å²) in [5, 5.41) is 2.72. The normalized spacial score (nSPS) is 20.1. The van der Waals surface area contributed by atoms with Gasteiger partial charge in [0.05, 0.1) is 11.1 Å². The molecule has 1 aliphatic rings. The van der Waals surface area contributed by atoms with Crippen LogP contribution in [-0.2, 0) is 6.18 Å². The van der Waals surface area contributed by atoms with E-state index in [0.29, 0.717) is 6.54 Å². The Morgan fingerprint density at radius 2 is 2.15 bits per heavy atom. The number of rotatable bonds is 2. The second-order valence-electron chi connectivity index (χ2n) is 5.02. The van der Waals surface area contributed by atoms with Crippen LogP contribution in [0.5, 0.6) is 0 Å². The van der Waals surface area contributed by atoms with Crippen molar-refractivity contribution in [2.75, 3.05) is 25.9 Å². The number of hydrogen-bond donors (Lipinski definition) is 2. The first kappa shape index (κ1) is 14.6. The summed E-state index contributed by atoms with van der Waals surface area (Å²) in [6.45, 7) is 1.54. The number of amides is 1. The fraction of sp³-hybridized carbons (Fsp3) is 0.462. The van der Waals surface area contributed by atoms with Gasteiger partial charge in [-0.1, -0.05) is 0 Å². The molecule has 1 aromatic rings. The van der Waals surface area contributed by atoms with Crippen molar-refractivity contribution in [3.8, 4) is 0 Å². The predicted molar refractivity (Wildman–Crippen MR) is 69.2 cm³/mol. The maximum Gasteiger partial charge on any atom is 0.416 e. The summed E-state index contributed by atoms with van der Waals surface area (Å²) >= 11 is 0. The van der Waals surface area contributed by atoms with Crippen LogP contribution in [-0.4, -0.2) is 37.0 Å². The van der Waals surface area contributed by atoms with Crippen LogP contribution >= 0.6 is 0 Å². The van der Waals surface area contributed by atoms with E-state index >= 15 is 0 Å². The molecule has 0 aliphatic carbocycles. The quantitative estimate of drug-likeness (QED) is 0.814. The lowest BCUT2D eigenvalue weighted by Gasteiger charge is -2.15. The Morgan fingerprint density at radius 1 is 1.45 bits per heavy atom. The molecule has 0 aromatic heterocycles. The third-order valence-electron chi connectivity index (χ3n) is 3.35. The van der Waals surface area contributed by atoms with Gasteiger partial charge < -0.3 is 16.0 Å². The fourth-order valence-corrected chi connectivity index (χ4v) is 2.25. The maximum atomic E-state index is 12.6. The van der Waals surface area contributed by atoms with E-state index in [2.05, 4.69) is 5.32 Å². The first-order chi connectivity index (χ1) is 9.27. The number of likely N-dealkylation sites (N-methyl/N-ethyl adjacent to an activating group) is 1. The van der Waals surface area contributed by atoms with Gasteiger partial charge in [-0.2, -0.15) is 13.2 Å². The Morgan fingerprint density at radius 3 is 2.70 bits per heavy atom. The third-order valence-corrected chi connectivity index (χ3v) is 3.35. The Hall–Kier alpha value is -1.76. The van der Waals surface area contributed by atoms with Crippen molar-refractivity contribution in [3.05, 3.63) is 29.3 Å². The van der Waals surface area contributed by atoms with Gasteiger partial charge in [0, 0.05) is 18.3 Å². The van der Waals surface area contributed by atoms with Gasteiger partial charge in [0.15, 0.2) is 0 Å². The summed E-state index contributed by atoms with van der Waals surface area (Å²) in [5.41, 5.74) is 4.64. The van der Waals surface area contributed by atoms with Gasteiger partial charge in [-0.25, -0.2) is 0 Å². The molecule has 110 valence electrons. The number of likely N-dealkylation sites (tertiary alicyclic amines) is 1. The molecular weight excluding hydrogens is 271 g/mol. The molecule has 0 saturated carbocycles. The molecule has 7 heteroatoms. The van der Waals surface area contributed by atoms with Crippen LogP contribution in [0.15, 0.2) is 18.2 Å². The van der Waals surface area contributed by atoms with Crippen molar-refractivity contribution >= 4 is 11.6 Å². The van der Waals surface area contributed by atoms with Crippen molar-refractivity contribution in [3.63, 3.8) is 0 Å². The minimum atomic E-state index is -4.49. The molecule has 1 amide bonds. The minimum absolute atomic E-state index is 0.0434. The minimum Gasteiger partial charge on any atom is -0.398 e. The molecule has 1 heterocycles.